The monoisotopic (exact) mass is 442 g/mol. The highest BCUT2D eigenvalue weighted by Crippen LogP contribution is 2.33. The van der Waals surface area contributed by atoms with Gasteiger partial charge in [-0.1, -0.05) is 30.9 Å². The van der Waals surface area contributed by atoms with Gasteiger partial charge in [0.25, 0.3) is 11.6 Å². The summed E-state index contributed by atoms with van der Waals surface area (Å²) < 4.78 is 11.5. The molecule has 9 heteroatoms. The average molecular weight is 442 g/mol. The molecule has 1 amide bonds. The number of ether oxygens (including phenoxy) is 1. The number of amides is 1. The zero-order valence-corrected chi connectivity index (χ0v) is 17.3. The van der Waals surface area contributed by atoms with Crippen molar-refractivity contribution in [3.05, 3.63) is 101 Å². The van der Waals surface area contributed by atoms with E-state index in [1.54, 1.807) is 24.3 Å². The van der Waals surface area contributed by atoms with Crippen molar-refractivity contribution in [3.8, 4) is 28.7 Å². The van der Waals surface area contributed by atoms with Gasteiger partial charge in [0, 0.05) is 23.3 Å². The molecule has 0 aliphatic carbocycles. The lowest BCUT2D eigenvalue weighted by molar-refractivity contribution is -0.384. The fourth-order valence-corrected chi connectivity index (χ4v) is 3.01. The molecule has 4 rings (SSSR count). The number of nitrogens with one attached hydrogen (secondary N) is 1. The molecule has 33 heavy (non-hydrogen) atoms. The van der Waals surface area contributed by atoms with Crippen LogP contribution in [0.25, 0.3) is 22.9 Å². The highest BCUT2D eigenvalue weighted by molar-refractivity contribution is 6.06. The standard InChI is InChI=1S/C24H18N4O5/c1-2-14-32-19-12-13-21(25-22(29)16-8-10-18(11-9-16)28(30)31)20(15-19)24-27-26-23(33-24)17-6-4-3-5-7-17/h2-13,15H,1,14H2,(H,25,29). The first kappa shape index (κ1) is 21.4. The number of aromatic nitrogens is 2. The third-order valence-corrected chi connectivity index (χ3v) is 4.62. The Balaban J connectivity index is 1.66. The lowest BCUT2D eigenvalue weighted by atomic mass is 10.1. The molecule has 4 aromatic rings. The number of rotatable bonds is 8. The van der Waals surface area contributed by atoms with Crippen molar-refractivity contribution >= 4 is 17.3 Å². The zero-order chi connectivity index (χ0) is 23.2. The Morgan fingerprint density at radius 2 is 1.79 bits per heavy atom. The van der Waals surface area contributed by atoms with Gasteiger partial charge in [-0.2, -0.15) is 0 Å². The second-order valence-electron chi connectivity index (χ2n) is 6.84. The minimum absolute atomic E-state index is 0.102. The summed E-state index contributed by atoms with van der Waals surface area (Å²) in [4.78, 5) is 23.1. The fraction of sp³-hybridized carbons (Fsp3) is 0.0417. The third kappa shape index (κ3) is 4.93. The smallest absolute Gasteiger partial charge is 0.269 e. The van der Waals surface area contributed by atoms with Crippen LogP contribution in [0.3, 0.4) is 0 Å². The number of carbonyl (C=O) groups is 1. The van der Waals surface area contributed by atoms with E-state index in [0.29, 0.717) is 29.5 Å². The summed E-state index contributed by atoms with van der Waals surface area (Å²) in [5, 5.41) is 21.9. The molecule has 0 aliphatic rings. The Hall–Kier alpha value is -4.79. The number of anilines is 1. The van der Waals surface area contributed by atoms with Gasteiger partial charge in [0.1, 0.15) is 12.4 Å². The minimum atomic E-state index is -0.526. The maximum atomic E-state index is 12.8. The summed E-state index contributed by atoms with van der Waals surface area (Å²) in [7, 11) is 0. The minimum Gasteiger partial charge on any atom is -0.490 e. The van der Waals surface area contributed by atoms with Crippen LogP contribution in [0.4, 0.5) is 11.4 Å². The Labute approximate surface area is 188 Å². The predicted molar refractivity (Wildman–Crippen MR) is 122 cm³/mol. The molecule has 3 aromatic carbocycles. The highest BCUT2D eigenvalue weighted by Gasteiger charge is 2.18. The van der Waals surface area contributed by atoms with E-state index in [9.17, 15) is 14.9 Å². The molecule has 1 aromatic heterocycles. The predicted octanol–water partition coefficient (Wildman–Crippen LogP) is 5.13. The summed E-state index contributed by atoms with van der Waals surface area (Å²) in [5.41, 5.74) is 1.78. The van der Waals surface area contributed by atoms with Crippen molar-refractivity contribution in [2.24, 2.45) is 0 Å². The van der Waals surface area contributed by atoms with Crippen LogP contribution in [0.1, 0.15) is 10.4 Å². The Morgan fingerprint density at radius 1 is 1.06 bits per heavy atom. The van der Waals surface area contributed by atoms with Gasteiger partial charge in [0.2, 0.25) is 11.8 Å². The zero-order valence-electron chi connectivity index (χ0n) is 17.3. The summed E-state index contributed by atoms with van der Waals surface area (Å²) in [5.74, 6) is 0.596. The molecule has 0 aliphatic heterocycles. The summed E-state index contributed by atoms with van der Waals surface area (Å²) >= 11 is 0. The molecule has 1 heterocycles. The Kier molecular flexibility index (Phi) is 6.21. The molecule has 1 N–H and O–H groups in total. The largest absolute Gasteiger partial charge is 0.490 e. The maximum absolute atomic E-state index is 12.8. The lowest BCUT2D eigenvalue weighted by Crippen LogP contribution is -2.12. The number of hydrogen-bond donors (Lipinski definition) is 1. The van der Waals surface area contributed by atoms with Crippen molar-refractivity contribution in [1.82, 2.24) is 10.2 Å². The maximum Gasteiger partial charge on any atom is 0.269 e. The van der Waals surface area contributed by atoms with Gasteiger partial charge in [-0.3, -0.25) is 14.9 Å². The molecule has 0 atom stereocenters. The SMILES string of the molecule is C=CCOc1ccc(NC(=O)c2ccc([N+](=O)[O-])cc2)c(-c2nnc(-c3ccccc3)o2)c1. The van der Waals surface area contributed by atoms with Crippen LogP contribution in [-0.2, 0) is 0 Å². The van der Waals surface area contributed by atoms with Crippen molar-refractivity contribution < 1.29 is 18.9 Å². The van der Waals surface area contributed by atoms with Gasteiger partial charge in [-0.25, -0.2) is 0 Å². The summed E-state index contributed by atoms with van der Waals surface area (Å²) in [6, 6.07) is 19.6. The molecule has 164 valence electrons. The molecule has 0 unspecified atom stereocenters. The molecule has 0 bridgehead atoms. The van der Waals surface area contributed by atoms with Crippen LogP contribution in [0.15, 0.2) is 89.9 Å². The van der Waals surface area contributed by atoms with Gasteiger partial charge in [-0.15, -0.1) is 10.2 Å². The van der Waals surface area contributed by atoms with E-state index < -0.39 is 10.8 Å². The van der Waals surface area contributed by atoms with E-state index in [-0.39, 0.29) is 17.1 Å². The van der Waals surface area contributed by atoms with E-state index >= 15 is 0 Å². The first-order chi connectivity index (χ1) is 16.0. The highest BCUT2D eigenvalue weighted by atomic mass is 16.6. The van der Waals surface area contributed by atoms with E-state index in [0.717, 1.165) is 5.56 Å². The molecule has 0 fully saturated rings. The fourth-order valence-electron chi connectivity index (χ4n) is 3.01. The first-order valence-electron chi connectivity index (χ1n) is 9.88. The first-order valence-corrected chi connectivity index (χ1v) is 9.88. The van der Waals surface area contributed by atoms with Crippen LogP contribution in [0.2, 0.25) is 0 Å². The third-order valence-electron chi connectivity index (χ3n) is 4.62. The second kappa shape index (κ2) is 9.56. The Morgan fingerprint density at radius 3 is 2.48 bits per heavy atom. The number of nitrogens with zero attached hydrogens (tertiary/aromatic N) is 3. The lowest BCUT2D eigenvalue weighted by Gasteiger charge is -2.11. The van der Waals surface area contributed by atoms with Crippen LogP contribution >= 0.6 is 0 Å². The molecule has 0 spiro atoms. The van der Waals surface area contributed by atoms with Gasteiger partial charge >= 0.3 is 0 Å². The number of non-ortho nitro benzene ring substituents is 1. The molecule has 0 saturated carbocycles. The molecule has 0 radical (unpaired) electrons. The number of nitro benzene ring substituents is 1. The van der Waals surface area contributed by atoms with Crippen molar-refractivity contribution in [3.63, 3.8) is 0 Å². The van der Waals surface area contributed by atoms with E-state index in [2.05, 4.69) is 22.1 Å². The topological polar surface area (TPSA) is 120 Å². The summed E-state index contributed by atoms with van der Waals surface area (Å²) in [6.07, 6.45) is 1.62. The Bertz CT molecular complexity index is 1300. The molecular formula is C24H18N4O5. The van der Waals surface area contributed by atoms with Crippen molar-refractivity contribution in [2.75, 3.05) is 11.9 Å². The number of nitro groups is 1. The number of carbonyl (C=O) groups excluding carboxylic acids is 1. The number of hydrogen-bond acceptors (Lipinski definition) is 7. The van der Waals surface area contributed by atoms with E-state index in [1.807, 2.05) is 30.3 Å². The van der Waals surface area contributed by atoms with Crippen molar-refractivity contribution in [2.45, 2.75) is 0 Å². The van der Waals surface area contributed by atoms with Gasteiger partial charge in [0.05, 0.1) is 16.2 Å². The molecular weight excluding hydrogens is 424 g/mol. The second-order valence-corrected chi connectivity index (χ2v) is 6.84. The average Bonchev–Trinajstić information content (AvgIpc) is 3.34. The van der Waals surface area contributed by atoms with Gasteiger partial charge in [0.15, 0.2) is 0 Å². The van der Waals surface area contributed by atoms with Gasteiger partial charge in [-0.05, 0) is 42.5 Å². The normalized spacial score (nSPS) is 10.4. The van der Waals surface area contributed by atoms with Crippen LogP contribution < -0.4 is 10.1 Å². The molecule has 0 saturated heterocycles. The molecule has 9 nitrogen and oxygen atoms in total. The van der Waals surface area contributed by atoms with Gasteiger partial charge < -0.3 is 14.5 Å². The number of benzene rings is 3. The van der Waals surface area contributed by atoms with E-state index in [1.165, 1.54) is 24.3 Å². The van der Waals surface area contributed by atoms with Crippen molar-refractivity contribution in [1.29, 1.82) is 0 Å². The van der Waals surface area contributed by atoms with Crippen LogP contribution in [0.5, 0.6) is 5.75 Å². The van der Waals surface area contributed by atoms with Crippen LogP contribution in [-0.4, -0.2) is 27.6 Å². The quantitative estimate of drug-likeness (QED) is 0.228. The van der Waals surface area contributed by atoms with Crippen LogP contribution in [0, 0.1) is 10.1 Å². The van der Waals surface area contributed by atoms with E-state index in [4.69, 9.17) is 9.15 Å². The summed E-state index contributed by atoms with van der Waals surface area (Å²) in [6.45, 7) is 3.93.